The fourth-order valence-corrected chi connectivity index (χ4v) is 1.97. The number of furan rings is 1. The summed E-state index contributed by atoms with van der Waals surface area (Å²) in [4.78, 5) is 24.1. The molecule has 0 aliphatic rings. The molecule has 0 aliphatic carbocycles. The van der Waals surface area contributed by atoms with Gasteiger partial charge in [-0.15, -0.1) is 0 Å². The molecule has 2 N–H and O–H groups in total. The normalized spacial score (nSPS) is 11.6. The molecular weight excluding hydrogens is 300 g/mol. The van der Waals surface area contributed by atoms with Crippen LogP contribution in [-0.2, 0) is 21.4 Å². The van der Waals surface area contributed by atoms with E-state index < -0.39 is 28.4 Å². The Morgan fingerprint density at radius 3 is 2.48 bits per heavy atom. The van der Waals surface area contributed by atoms with Crippen molar-refractivity contribution in [3.63, 3.8) is 0 Å². The topological polar surface area (TPSA) is 117 Å². The lowest BCUT2D eigenvalue weighted by Crippen LogP contribution is -2.40. The van der Waals surface area contributed by atoms with Crippen LogP contribution in [0.2, 0.25) is 0 Å². The lowest BCUT2D eigenvalue weighted by atomic mass is 10.2. The number of sulfonamides is 1. The third-order valence-corrected chi connectivity index (χ3v) is 3.24. The average molecular weight is 318 g/mol. The molecule has 0 saturated carbocycles. The van der Waals surface area contributed by atoms with Gasteiger partial charge in [0.25, 0.3) is 5.91 Å². The van der Waals surface area contributed by atoms with Crippen LogP contribution in [0.25, 0.3) is 0 Å². The van der Waals surface area contributed by atoms with E-state index in [0.717, 1.165) is 11.2 Å². The maximum atomic E-state index is 12.2. The van der Waals surface area contributed by atoms with Crippen LogP contribution >= 0.6 is 0 Å². The van der Waals surface area contributed by atoms with Gasteiger partial charge in [0.1, 0.15) is 12.3 Å². The van der Waals surface area contributed by atoms with Crippen LogP contribution in [-0.4, -0.2) is 49.1 Å². The van der Waals surface area contributed by atoms with E-state index in [1.807, 2.05) is 0 Å². The Kier molecular flexibility index (Phi) is 5.50. The number of carbonyl (C=O) groups excluding carboxylic acids is 1. The first-order chi connectivity index (χ1) is 9.60. The maximum absolute atomic E-state index is 12.2. The third kappa shape index (κ3) is 5.56. The molecule has 118 valence electrons. The van der Waals surface area contributed by atoms with E-state index in [2.05, 4.69) is 4.72 Å². The minimum atomic E-state index is -3.36. The highest BCUT2D eigenvalue weighted by molar-refractivity contribution is 7.88. The zero-order chi connectivity index (χ0) is 16.2. The summed E-state index contributed by atoms with van der Waals surface area (Å²) in [5.74, 6) is -1.45. The maximum Gasteiger partial charge on any atom is 0.323 e. The summed E-state index contributed by atoms with van der Waals surface area (Å²) in [7, 11) is -3.36. The molecule has 9 heteroatoms. The van der Waals surface area contributed by atoms with Crippen LogP contribution in [0.3, 0.4) is 0 Å². The molecule has 1 amide bonds. The number of carboxylic acid groups (broad SMARTS) is 1. The van der Waals surface area contributed by atoms with Crippen molar-refractivity contribution >= 4 is 21.9 Å². The van der Waals surface area contributed by atoms with Crippen molar-refractivity contribution in [1.29, 1.82) is 0 Å². The van der Waals surface area contributed by atoms with Crippen LogP contribution in [0.5, 0.6) is 0 Å². The van der Waals surface area contributed by atoms with E-state index >= 15 is 0 Å². The Bertz CT molecular complexity index is 619. The predicted octanol–water partition coefficient (Wildman–Crippen LogP) is 0.264. The van der Waals surface area contributed by atoms with Crippen LogP contribution in [0.1, 0.15) is 30.2 Å². The zero-order valence-electron chi connectivity index (χ0n) is 12.0. The highest BCUT2D eigenvalue weighted by atomic mass is 32.2. The van der Waals surface area contributed by atoms with Crippen molar-refractivity contribution in [1.82, 2.24) is 9.62 Å². The van der Waals surface area contributed by atoms with Crippen LogP contribution in [0, 0.1) is 0 Å². The van der Waals surface area contributed by atoms with E-state index in [0.29, 0.717) is 0 Å². The Hall–Kier alpha value is -1.87. The molecule has 21 heavy (non-hydrogen) atoms. The molecule has 1 heterocycles. The molecule has 1 rings (SSSR count). The van der Waals surface area contributed by atoms with Crippen LogP contribution < -0.4 is 4.72 Å². The second-order valence-electron chi connectivity index (χ2n) is 4.78. The largest absolute Gasteiger partial charge is 0.480 e. The number of nitrogens with one attached hydrogen (secondary N) is 1. The van der Waals surface area contributed by atoms with E-state index in [9.17, 15) is 18.0 Å². The highest BCUT2D eigenvalue weighted by Gasteiger charge is 2.24. The van der Waals surface area contributed by atoms with Gasteiger partial charge >= 0.3 is 5.97 Å². The van der Waals surface area contributed by atoms with E-state index in [1.165, 1.54) is 12.1 Å². The van der Waals surface area contributed by atoms with Gasteiger partial charge in [0, 0.05) is 6.04 Å². The molecule has 0 aromatic carbocycles. The van der Waals surface area contributed by atoms with Crippen molar-refractivity contribution in [2.75, 3.05) is 12.8 Å². The van der Waals surface area contributed by atoms with Crippen molar-refractivity contribution < 1.29 is 27.5 Å². The summed E-state index contributed by atoms with van der Waals surface area (Å²) in [6.07, 6.45) is 1.01. The fraction of sp³-hybridized carbons (Fsp3) is 0.500. The molecule has 0 unspecified atom stereocenters. The Labute approximate surface area is 122 Å². The lowest BCUT2D eigenvalue weighted by molar-refractivity contribution is -0.138. The van der Waals surface area contributed by atoms with Gasteiger partial charge in [0.2, 0.25) is 10.0 Å². The SMILES string of the molecule is CC(C)N(CC(=O)O)C(=O)c1ccc(CNS(C)(=O)=O)o1. The molecule has 1 aromatic heterocycles. The van der Waals surface area contributed by atoms with Gasteiger partial charge in [0.15, 0.2) is 5.76 Å². The van der Waals surface area contributed by atoms with Gasteiger partial charge in [-0.3, -0.25) is 9.59 Å². The molecule has 0 saturated heterocycles. The first-order valence-corrected chi connectivity index (χ1v) is 8.05. The Morgan fingerprint density at radius 2 is 2.00 bits per heavy atom. The summed E-state index contributed by atoms with van der Waals surface area (Å²) in [5, 5.41) is 8.81. The summed E-state index contributed by atoms with van der Waals surface area (Å²) in [6.45, 7) is 2.87. The molecule has 1 aromatic rings. The first kappa shape index (κ1) is 17.2. The van der Waals surface area contributed by atoms with Gasteiger partial charge in [-0.05, 0) is 26.0 Å². The molecular formula is C12H18N2O6S. The summed E-state index contributed by atoms with van der Waals surface area (Å²) >= 11 is 0. The van der Waals surface area contributed by atoms with Crippen molar-refractivity contribution in [3.8, 4) is 0 Å². The van der Waals surface area contributed by atoms with Crippen LogP contribution in [0.15, 0.2) is 16.5 Å². The fourth-order valence-electron chi connectivity index (χ4n) is 1.57. The standard InChI is InChI=1S/C12H18N2O6S/c1-8(2)14(7-11(15)16)12(17)10-5-4-9(20-10)6-13-21(3,18)19/h4-5,8,13H,6-7H2,1-3H3,(H,15,16). The minimum absolute atomic E-state index is 0.0322. The Balaban J connectivity index is 2.82. The second kappa shape index (κ2) is 6.72. The number of nitrogens with zero attached hydrogens (tertiary/aromatic N) is 1. The number of hydrogen-bond acceptors (Lipinski definition) is 5. The first-order valence-electron chi connectivity index (χ1n) is 6.16. The summed E-state index contributed by atoms with van der Waals surface area (Å²) in [5.41, 5.74) is 0. The third-order valence-electron chi connectivity index (χ3n) is 2.57. The van der Waals surface area contributed by atoms with E-state index in [-0.39, 0.29) is 24.1 Å². The molecule has 0 atom stereocenters. The number of rotatable bonds is 7. The van der Waals surface area contributed by atoms with Gasteiger partial charge in [-0.2, -0.15) is 0 Å². The number of aliphatic carboxylic acids is 1. The van der Waals surface area contributed by atoms with E-state index in [1.54, 1.807) is 13.8 Å². The average Bonchev–Trinajstić information content (AvgIpc) is 2.80. The lowest BCUT2D eigenvalue weighted by Gasteiger charge is -2.23. The molecule has 0 radical (unpaired) electrons. The predicted molar refractivity (Wildman–Crippen MR) is 74.2 cm³/mol. The molecule has 0 aliphatic heterocycles. The number of carbonyl (C=O) groups is 2. The second-order valence-corrected chi connectivity index (χ2v) is 6.61. The van der Waals surface area contributed by atoms with Gasteiger partial charge in [-0.1, -0.05) is 0 Å². The number of amides is 1. The van der Waals surface area contributed by atoms with E-state index in [4.69, 9.17) is 9.52 Å². The van der Waals surface area contributed by atoms with Gasteiger partial charge in [0.05, 0.1) is 12.8 Å². The zero-order valence-corrected chi connectivity index (χ0v) is 12.8. The highest BCUT2D eigenvalue weighted by Crippen LogP contribution is 2.13. The smallest absolute Gasteiger partial charge is 0.323 e. The summed E-state index contributed by atoms with van der Waals surface area (Å²) < 4.78 is 29.4. The van der Waals surface area contributed by atoms with Crippen molar-refractivity contribution in [2.45, 2.75) is 26.4 Å². The minimum Gasteiger partial charge on any atom is -0.480 e. The Morgan fingerprint density at radius 1 is 1.38 bits per heavy atom. The number of carboxylic acids is 1. The van der Waals surface area contributed by atoms with Gasteiger partial charge < -0.3 is 14.4 Å². The summed E-state index contributed by atoms with van der Waals surface area (Å²) in [6, 6.07) is 2.54. The van der Waals surface area contributed by atoms with Crippen LogP contribution in [0.4, 0.5) is 0 Å². The molecule has 0 bridgehead atoms. The van der Waals surface area contributed by atoms with Crippen molar-refractivity contribution in [3.05, 3.63) is 23.7 Å². The van der Waals surface area contributed by atoms with Gasteiger partial charge in [-0.25, -0.2) is 13.1 Å². The molecule has 0 fully saturated rings. The molecule has 8 nitrogen and oxygen atoms in total. The monoisotopic (exact) mass is 318 g/mol. The number of hydrogen-bond donors (Lipinski definition) is 2. The molecule has 0 spiro atoms. The van der Waals surface area contributed by atoms with Crippen molar-refractivity contribution in [2.24, 2.45) is 0 Å². The quantitative estimate of drug-likeness (QED) is 0.745.